The zero-order chi connectivity index (χ0) is 18.1. The van der Waals surface area contributed by atoms with E-state index < -0.39 is 6.17 Å². The average molecular weight is 374 g/mol. The minimum Gasteiger partial charge on any atom is -0.299 e. The topological polar surface area (TPSA) is 46.8 Å². The molecule has 0 bridgehead atoms. The van der Waals surface area contributed by atoms with Gasteiger partial charge in [-0.15, -0.1) is 10.2 Å². The molecule has 0 saturated carbocycles. The maximum Gasteiger partial charge on any atom is 0.182 e. The number of aromatic nitrogens is 4. The molecule has 0 amide bonds. The first-order valence-corrected chi connectivity index (χ1v) is 9.38. The van der Waals surface area contributed by atoms with E-state index in [-0.39, 0.29) is 0 Å². The number of benzene rings is 1. The predicted molar refractivity (Wildman–Crippen MR) is 101 cm³/mol. The van der Waals surface area contributed by atoms with E-state index in [9.17, 15) is 4.39 Å². The van der Waals surface area contributed by atoms with Crippen molar-refractivity contribution >= 4 is 22.6 Å². The highest BCUT2D eigenvalue weighted by Gasteiger charge is 2.23. The molecular weight excluding hydrogens is 353 g/mol. The van der Waals surface area contributed by atoms with E-state index in [1.165, 1.54) is 0 Å². The number of aryl methyl sites for hydroxylation is 1. The summed E-state index contributed by atoms with van der Waals surface area (Å²) in [5.41, 5.74) is 3.23. The second-order valence-corrected chi connectivity index (χ2v) is 7.02. The number of alkyl halides is 1. The Labute approximate surface area is 156 Å². The summed E-state index contributed by atoms with van der Waals surface area (Å²) in [5, 5.41) is 14.9. The quantitative estimate of drug-likeness (QED) is 0.683. The van der Waals surface area contributed by atoms with E-state index in [1.807, 2.05) is 35.0 Å². The molecule has 0 aliphatic carbocycles. The zero-order valence-electron chi connectivity index (χ0n) is 14.7. The van der Waals surface area contributed by atoms with Crippen LogP contribution in [0.3, 0.4) is 0 Å². The van der Waals surface area contributed by atoms with Crippen LogP contribution in [0, 0.1) is 0 Å². The fourth-order valence-electron chi connectivity index (χ4n) is 3.50. The zero-order valence-corrected chi connectivity index (χ0v) is 15.5. The van der Waals surface area contributed by atoms with Crippen molar-refractivity contribution in [2.45, 2.75) is 32.5 Å². The van der Waals surface area contributed by atoms with E-state index >= 15 is 0 Å². The van der Waals surface area contributed by atoms with Crippen molar-refractivity contribution in [1.29, 1.82) is 0 Å². The lowest BCUT2D eigenvalue weighted by Crippen LogP contribution is -2.26. The van der Waals surface area contributed by atoms with Crippen LogP contribution in [-0.2, 0) is 13.0 Å². The van der Waals surface area contributed by atoms with Gasteiger partial charge in [0.2, 0.25) is 0 Å². The largest absolute Gasteiger partial charge is 0.299 e. The third-order valence-corrected chi connectivity index (χ3v) is 5.26. The van der Waals surface area contributed by atoms with Crippen LogP contribution in [0.5, 0.6) is 0 Å². The molecule has 1 saturated heterocycles. The minimum atomic E-state index is -0.710. The third-order valence-electron chi connectivity index (χ3n) is 4.90. The summed E-state index contributed by atoms with van der Waals surface area (Å²) in [5.74, 6) is 0. The number of fused-ring (bicyclic) bond motifs is 1. The molecular formula is C19H21ClFN5. The van der Waals surface area contributed by atoms with Gasteiger partial charge in [0.25, 0.3) is 0 Å². The first-order chi connectivity index (χ1) is 12.7. The fraction of sp³-hybridized carbons (Fsp3) is 0.421. The standard InChI is InChI=1S/C19H21ClFN5/c1-2-15-16-17(20)18(13-6-4-3-5-7-13)22-23-19(16)26(24-15)11-10-25-9-8-14(21)12-25/h3-7,14H,2,8-12H2,1H3. The smallest absolute Gasteiger partial charge is 0.182 e. The van der Waals surface area contributed by atoms with Crippen molar-refractivity contribution in [2.24, 2.45) is 0 Å². The molecule has 5 nitrogen and oxygen atoms in total. The number of rotatable bonds is 5. The van der Waals surface area contributed by atoms with Crippen molar-refractivity contribution in [2.75, 3.05) is 19.6 Å². The van der Waals surface area contributed by atoms with Crippen LogP contribution < -0.4 is 0 Å². The molecule has 1 aliphatic heterocycles. The molecule has 3 aromatic rings. The summed E-state index contributed by atoms with van der Waals surface area (Å²) >= 11 is 6.70. The molecule has 0 spiro atoms. The van der Waals surface area contributed by atoms with Gasteiger partial charge >= 0.3 is 0 Å². The number of likely N-dealkylation sites (tertiary alicyclic amines) is 1. The Hall–Kier alpha value is -2.05. The molecule has 1 atom stereocenters. The van der Waals surface area contributed by atoms with E-state index in [0.29, 0.717) is 35.9 Å². The SMILES string of the molecule is CCc1nn(CCN2CCC(F)C2)c2nnc(-c3ccccc3)c(Cl)c12. The van der Waals surface area contributed by atoms with Crippen molar-refractivity contribution in [3.05, 3.63) is 41.0 Å². The lowest BCUT2D eigenvalue weighted by Gasteiger charge is -2.14. The molecule has 136 valence electrons. The summed E-state index contributed by atoms with van der Waals surface area (Å²) in [6.07, 6.45) is 0.671. The number of hydrogen-bond donors (Lipinski definition) is 0. The van der Waals surface area contributed by atoms with Gasteiger partial charge in [-0.1, -0.05) is 48.9 Å². The van der Waals surface area contributed by atoms with Crippen LogP contribution in [0.25, 0.3) is 22.3 Å². The number of hydrogen-bond acceptors (Lipinski definition) is 4. The molecule has 0 radical (unpaired) electrons. The lowest BCUT2D eigenvalue weighted by molar-refractivity contribution is 0.277. The molecule has 2 aromatic heterocycles. The van der Waals surface area contributed by atoms with E-state index in [4.69, 9.17) is 16.7 Å². The van der Waals surface area contributed by atoms with Gasteiger partial charge in [0.05, 0.1) is 22.6 Å². The van der Waals surface area contributed by atoms with Gasteiger partial charge in [-0.05, 0) is 12.8 Å². The Morgan fingerprint density at radius 3 is 2.69 bits per heavy atom. The van der Waals surface area contributed by atoms with Crippen LogP contribution >= 0.6 is 11.6 Å². The normalized spacial score (nSPS) is 18.0. The Balaban J connectivity index is 1.69. The van der Waals surface area contributed by atoms with Crippen molar-refractivity contribution < 1.29 is 4.39 Å². The monoisotopic (exact) mass is 373 g/mol. The molecule has 26 heavy (non-hydrogen) atoms. The Bertz CT molecular complexity index is 911. The first-order valence-electron chi connectivity index (χ1n) is 9.00. The van der Waals surface area contributed by atoms with Gasteiger partial charge < -0.3 is 0 Å². The first kappa shape index (κ1) is 17.4. The maximum absolute atomic E-state index is 13.4. The van der Waals surface area contributed by atoms with Gasteiger partial charge in [0.1, 0.15) is 11.9 Å². The van der Waals surface area contributed by atoms with Gasteiger partial charge in [-0.2, -0.15) is 5.10 Å². The van der Waals surface area contributed by atoms with Crippen molar-refractivity contribution in [1.82, 2.24) is 24.9 Å². The van der Waals surface area contributed by atoms with Gasteiger partial charge in [0.15, 0.2) is 5.65 Å². The lowest BCUT2D eigenvalue weighted by atomic mass is 10.1. The number of nitrogens with zero attached hydrogens (tertiary/aromatic N) is 5. The highest BCUT2D eigenvalue weighted by molar-refractivity contribution is 6.37. The third kappa shape index (κ3) is 3.19. The number of halogens is 2. The summed E-state index contributed by atoms with van der Waals surface area (Å²) in [6.45, 7) is 4.76. The van der Waals surface area contributed by atoms with Crippen LogP contribution in [0.2, 0.25) is 5.02 Å². The molecule has 1 fully saturated rings. The van der Waals surface area contributed by atoms with Crippen LogP contribution in [-0.4, -0.2) is 50.7 Å². The summed E-state index contributed by atoms with van der Waals surface area (Å²) in [7, 11) is 0. The predicted octanol–water partition coefficient (Wildman–Crippen LogP) is 3.75. The van der Waals surface area contributed by atoms with Gasteiger partial charge in [-0.25, -0.2) is 9.07 Å². The van der Waals surface area contributed by atoms with E-state index in [2.05, 4.69) is 22.0 Å². The van der Waals surface area contributed by atoms with Gasteiger partial charge in [0, 0.05) is 25.2 Å². The molecule has 1 aromatic carbocycles. The van der Waals surface area contributed by atoms with Crippen LogP contribution in [0.4, 0.5) is 4.39 Å². The summed E-state index contributed by atoms with van der Waals surface area (Å²) in [6, 6.07) is 9.81. The summed E-state index contributed by atoms with van der Waals surface area (Å²) in [4.78, 5) is 2.12. The molecule has 0 N–H and O–H groups in total. The molecule has 3 heterocycles. The van der Waals surface area contributed by atoms with Crippen LogP contribution in [0.1, 0.15) is 19.0 Å². The van der Waals surface area contributed by atoms with E-state index in [0.717, 1.165) is 36.2 Å². The summed E-state index contributed by atoms with van der Waals surface area (Å²) < 4.78 is 15.2. The maximum atomic E-state index is 13.4. The van der Waals surface area contributed by atoms with Crippen molar-refractivity contribution in [3.8, 4) is 11.3 Å². The highest BCUT2D eigenvalue weighted by atomic mass is 35.5. The average Bonchev–Trinajstić information content (AvgIpc) is 3.24. The fourth-order valence-corrected chi connectivity index (χ4v) is 3.84. The second-order valence-electron chi connectivity index (χ2n) is 6.64. The molecule has 1 unspecified atom stereocenters. The Kier molecular flexibility index (Phi) is 4.87. The Morgan fingerprint density at radius 2 is 2.00 bits per heavy atom. The molecule has 7 heteroatoms. The second kappa shape index (κ2) is 7.29. The minimum absolute atomic E-state index is 0.504. The van der Waals surface area contributed by atoms with Crippen molar-refractivity contribution in [3.63, 3.8) is 0 Å². The van der Waals surface area contributed by atoms with Crippen LogP contribution in [0.15, 0.2) is 30.3 Å². The molecule has 1 aliphatic rings. The Morgan fingerprint density at radius 1 is 1.19 bits per heavy atom. The van der Waals surface area contributed by atoms with E-state index in [1.54, 1.807) is 0 Å². The van der Waals surface area contributed by atoms with Gasteiger partial charge in [-0.3, -0.25) is 4.90 Å². The molecule has 4 rings (SSSR count). The highest BCUT2D eigenvalue weighted by Crippen LogP contribution is 2.33.